The van der Waals surface area contributed by atoms with Crippen molar-refractivity contribution < 1.29 is 0 Å². The van der Waals surface area contributed by atoms with Crippen LogP contribution < -0.4 is 0 Å². The Bertz CT molecular complexity index is 255. The van der Waals surface area contributed by atoms with Crippen LogP contribution in [0.4, 0.5) is 0 Å². The molecular weight excluding hydrogens is 134 g/mol. The van der Waals surface area contributed by atoms with Gasteiger partial charge in [-0.25, -0.2) is 0 Å². The molecule has 0 bridgehead atoms. The minimum Gasteiger partial charge on any atom is -0.264 e. The van der Waals surface area contributed by atoms with E-state index in [1.54, 1.807) is 0 Å². The molecule has 1 heterocycles. The van der Waals surface area contributed by atoms with Crippen molar-refractivity contribution in [2.24, 2.45) is 5.92 Å². The van der Waals surface area contributed by atoms with Gasteiger partial charge in [0.1, 0.15) is 0 Å². The summed E-state index contributed by atoms with van der Waals surface area (Å²) in [6.45, 7) is 2.32. The Morgan fingerprint density at radius 1 is 1.45 bits per heavy atom. The first kappa shape index (κ1) is 6.84. The highest BCUT2D eigenvalue weighted by Gasteiger charge is 2.13. The van der Waals surface area contributed by atoms with E-state index in [2.05, 4.69) is 18.0 Å². The maximum Gasteiger partial charge on any atom is 0.0302 e. The van der Waals surface area contributed by atoms with Gasteiger partial charge in [-0.05, 0) is 42.4 Å². The fourth-order valence-corrected chi connectivity index (χ4v) is 1.76. The molecule has 0 saturated carbocycles. The normalized spacial score (nSPS) is 22.8. The fraction of sp³-hybridized carbons (Fsp3) is 0.500. The number of rotatable bonds is 0. The first-order valence-electron chi connectivity index (χ1n) is 4.28. The van der Waals surface area contributed by atoms with Gasteiger partial charge >= 0.3 is 0 Å². The van der Waals surface area contributed by atoms with E-state index < -0.39 is 0 Å². The van der Waals surface area contributed by atoms with Gasteiger partial charge in [-0.15, -0.1) is 0 Å². The van der Waals surface area contributed by atoms with Crippen LogP contribution in [0, 0.1) is 5.92 Å². The summed E-state index contributed by atoms with van der Waals surface area (Å²) in [5.41, 5.74) is 2.98. The van der Waals surface area contributed by atoms with Gasteiger partial charge in [0, 0.05) is 12.4 Å². The van der Waals surface area contributed by atoms with Gasteiger partial charge in [-0.3, -0.25) is 4.98 Å². The third-order valence-corrected chi connectivity index (χ3v) is 2.48. The molecule has 0 radical (unpaired) electrons. The lowest BCUT2D eigenvalue weighted by atomic mass is 9.86. The van der Waals surface area contributed by atoms with Crippen LogP contribution in [0.2, 0.25) is 0 Å². The Kier molecular flexibility index (Phi) is 1.65. The second-order valence-corrected chi connectivity index (χ2v) is 3.49. The lowest BCUT2D eigenvalue weighted by molar-refractivity contribution is 0.500. The van der Waals surface area contributed by atoms with Gasteiger partial charge in [0.25, 0.3) is 0 Å². The lowest BCUT2D eigenvalue weighted by Crippen LogP contribution is -2.11. The van der Waals surface area contributed by atoms with E-state index >= 15 is 0 Å². The molecule has 1 nitrogen and oxygen atoms in total. The zero-order valence-corrected chi connectivity index (χ0v) is 6.88. The smallest absolute Gasteiger partial charge is 0.0302 e. The SMILES string of the molecule is CC1CCc2ccncc2C1. The summed E-state index contributed by atoms with van der Waals surface area (Å²) in [5.74, 6) is 0.853. The summed E-state index contributed by atoms with van der Waals surface area (Å²) in [5, 5.41) is 0. The molecule has 0 N–H and O–H groups in total. The highest BCUT2D eigenvalue weighted by atomic mass is 14.6. The minimum atomic E-state index is 0.853. The number of pyridine rings is 1. The van der Waals surface area contributed by atoms with Gasteiger partial charge in [0.15, 0.2) is 0 Å². The average Bonchev–Trinajstić information content (AvgIpc) is 2.04. The van der Waals surface area contributed by atoms with E-state index in [0.717, 1.165) is 5.92 Å². The highest BCUT2D eigenvalue weighted by molar-refractivity contribution is 5.25. The Morgan fingerprint density at radius 2 is 2.36 bits per heavy atom. The summed E-state index contributed by atoms with van der Waals surface area (Å²) >= 11 is 0. The lowest BCUT2D eigenvalue weighted by Gasteiger charge is -2.20. The molecule has 11 heavy (non-hydrogen) atoms. The van der Waals surface area contributed by atoms with Crippen LogP contribution in [-0.2, 0) is 12.8 Å². The van der Waals surface area contributed by atoms with Crippen molar-refractivity contribution in [3.05, 3.63) is 29.6 Å². The maximum atomic E-state index is 4.13. The molecule has 1 aromatic heterocycles. The van der Waals surface area contributed by atoms with Gasteiger partial charge < -0.3 is 0 Å². The molecule has 0 spiro atoms. The van der Waals surface area contributed by atoms with Crippen LogP contribution >= 0.6 is 0 Å². The maximum absolute atomic E-state index is 4.13. The van der Waals surface area contributed by atoms with Crippen LogP contribution in [0.15, 0.2) is 18.5 Å². The highest BCUT2D eigenvalue weighted by Crippen LogP contribution is 2.23. The second-order valence-electron chi connectivity index (χ2n) is 3.49. The molecule has 0 aliphatic heterocycles. The first-order valence-corrected chi connectivity index (χ1v) is 4.28. The average molecular weight is 147 g/mol. The summed E-state index contributed by atoms with van der Waals surface area (Å²) in [6.07, 6.45) is 7.74. The minimum absolute atomic E-state index is 0.853. The molecular formula is C10H13N. The molecule has 2 rings (SSSR count). The van der Waals surface area contributed by atoms with Crippen molar-refractivity contribution >= 4 is 0 Å². The van der Waals surface area contributed by atoms with Gasteiger partial charge in [0.05, 0.1) is 0 Å². The van der Waals surface area contributed by atoms with E-state index in [0.29, 0.717) is 0 Å². The van der Waals surface area contributed by atoms with Crippen molar-refractivity contribution in [3.8, 4) is 0 Å². The molecule has 1 aromatic rings. The predicted octanol–water partition coefficient (Wildman–Crippen LogP) is 2.21. The van der Waals surface area contributed by atoms with Crippen molar-refractivity contribution in [1.82, 2.24) is 4.98 Å². The van der Waals surface area contributed by atoms with Crippen LogP contribution in [0.1, 0.15) is 24.5 Å². The summed E-state index contributed by atoms with van der Waals surface area (Å²) in [6, 6.07) is 2.15. The predicted molar refractivity (Wildman–Crippen MR) is 45.4 cm³/mol. The number of aryl methyl sites for hydroxylation is 1. The van der Waals surface area contributed by atoms with Crippen molar-refractivity contribution in [3.63, 3.8) is 0 Å². The van der Waals surface area contributed by atoms with Crippen LogP contribution in [0.5, 0.6) is 0 Å². The topological polar surface area (TPSA) is 12.9 Å². The van der Waals surface area contributed by atoms with E-state index in [4.69, 9.17) is 0 Å². The molecule has 1 heteroatoms. The first-order chi connectivity index (χ1) is 5.36. The van der Waals surface area contributed by atoms with Crippen LogP contribution in [-0.4, -0.2) is 4.98 Å². The number of hydrogen-bond acceptors (Lipinski definition) is 1. The molecule has 0 aromatic carbocycles. The molecule has 1 unspecified atom stereocenters. The Morgan fingerprint density at radius 3 is 3.27 bits per heavy atom. The Labute approximate surface area is 67.5 Å². The van der Waals surface area contributed by atoms with Crippen LogP contribution in [0.25, 0.3) is 0 Å². The van der Waals surface area contributed by atoms with Gasteiger partial charge in [-0.1, -0.05) is 6.92 Å². The van der Waals surface area contributed by atoms with Crippen molar-refractivity contribution in [2.75, 3.05) is 0 Å². The molecule has 58 valence electrons. The zero-order valence-electron chi connectivity index (χ0n) is 6.88. The van der Waals surface area contributed by atoms with E-state index in [1.165, 1.54) is 30.4 Å². The summed E-state index contributed by atoms with van der Waals surface area (Å²) < 4.78 is 0. The number of nitrogens with zero attached hydrogens (tertiary/aromatic N) is 1. The van der Waals surface area contributed by atoms with Crippen molar-refractivity contribution in [2.45, 2.75) is 26.2 Å². The fourth-order valence-electron chi connectivity index (χ4n) is 1.76. The van der Waals surface area contributed by atoms with Gasteiger partial charge in [0.2, 0.25) is 0 Å². The largest absolute Gasteiger partial charge is 0.264 e. The summed E-state index contributed by atoms with van der Waals surface area (Å²) in [4.78, 5) is 4.13. The van der Waals surface area contributed by atoms with Crippen molar-refractivity contribution in [1.29, 1.82) is 0 Å². The van der Waals surface area contributed by atoms with E-state index in [-0.39, 0.29) is 0 Å². The zero-order chi connectivity index (χ0) is 7.68. The summed E-state index contributed by atoms with van der Waals surface area (Å²) in [7, 11) is 0. The Hall–Kier alpha value is -0.850. The standard InChI is InChI=1S/C10H13N/c1-8-2-3-9-4-5-11-7-10(9)6-8/h4-5,7-8H,2-3,6H2,1H3. The molecule has 1 atom stereocenters. The Balaban J connectivity index is 2.34. The molecule has 0 fully saturated rings. The number of fused-ring (bicyclic) bond motifs is 1. The molecule has 0 saturated heterocycles. The third-order valence-electron chi connectivity index (χ3n) is 2.48. The number of hydrogen-bond donors (Lipinski definition) is 0. The van der Waals surface area contributed by atoms with Gasteiger partial charge in [-0.2, -0.15) is 0 Å². The van der Waals surface area contributed by atoms with E-state index in [9.17, 15) is 0 Å². The van der Waals surface area contributed by atoms with E-state index in [1.807, 2.05) is 12.4 Å². The monoisotopic (exact) mass is 147 g/mol. The second kappa shape index (κ2) is 2.65. The third kappa shape index (κ3) is 1.28. The number of aromatic nitrogens is 1. The quantitative estimate of drug-likeness (QED) is 0.548. The molecule has 1 aliphatic rings. The molecule has 1 aliphatic carbocycles. The van der Waals surface area contributed by atoms with Crippen LogP contribution in [0.3, 0.4) is 0 Å². The molecule has 0 amide bonds.